The quantitative estimate of drug-likeness (QED) is 0.872. The first-order valence-corrected chi connectivity index (χ1v) is 8.39. The number of rotatable bonds is 3. The van der Waals surface area contributed by atoms with Gasteiger partial charge in [-0.05, 0) is 30.5 Å². The molecular weight excluding hydrogens is 284 g/mol. The Morgan fingerprint density at radius 3 is 2.81 bits per heavy atom. The molecule has 0 bridgehead atoms. The maximum absolute atomic E-state index is 11.4. The number of amidine groups is 1. The summed E-state index contributed by atoms with van der Waals surface area (Å²) in [5, 5.41) is 4.61. The Bertz CT molecular complexity index is 542. The lowest BCUT2D eigenvalue weighted by Crippen LogP contribution is -2.36. The molecule has 0 aromatic heterocycles. The van der Waals surface area contributed by atoms with Gasteiger partial charge in [0.2, 0.25) is 0 Å². The Labute approximate surface area is 129 Å². The standard InChI is InChI=1S/C16H20N2O2S/c1-20-15(19)12-8-6-11(7-9-12)10-21-16-17-13-4-2-3-5-14(13)18-16/h6-9,13-14H,2-5,10H2,1H3,(H,17,18)/t13-,14-/m1/s1. The van der Waals surface area contributed by atoms with Gasteiger partial charge in [0.25, 0.3) is 0 Å². The van der Waals surface area contributed by atoms with Crippen molar-refractivity contribution in [3.63, 3.8) is 0 Å². The highest BCUT2D eigenvalue weighted by Gasteiger charge is 2.30. The number of ether oxygens (including phenoxy) is 1. The summed E-state index contributed by atoms with van der Waals surface area (Å²) in [4.78, 5) is 16.2. The molecule has 0 amide bonds. The Hall–Kier alpha value is -1.49. The minimum absolute atomic E-state index is 0.292. The second kappa shape index (κ2) is 6.52. The molecule has 0 radical (unpaired) electrons. The SMILES string of the molecule is COC(=O)c1ccc(CSC2=N[C@@H]3CCCC[C@H]3N2)cc1. The highest BCUT2D eigenvalue weighted by molar-refractivity contribution is 8.13. The predicted octanol–water partition coefficient (Wildman–Crippen LogP) is 2.98. The summed E-state index contributed by atoms with van der Waals surface area (Å²) in [6, 6.07) is 8.62. The summed E-state index contributed by atoms with van der Waals surface area (Å²) in [5.74, 6) is 0.576. The highest BCUT2D eigenvalue weighted by Crippen LogP contribution is 2.28. The maximum atomic E-state index is 11.4. The van der Waals surface area contributed by atoms with Crippen LogP contribution in [0.2, 0.25) is 0 Å². The smallest absolute Gasteiger partial charge is 0.337 e. The van der Waals surface area contributed by atoms with E-state index in [1.807, 2.05) is 24.3 Å². The summed E-state index contributed by atoms with van der Waals surface area (Å²) < 4.78 is 4.70. The van der Waals surface area contributed by atoms with E-state index < -0.39 is 0 Å². The van der Waals surface area contributed by atoms with E-state index >= 15 is 0 Å². The lowest BCUT2D eigenvalue weighted by molar-refractivity contribution is 0.0600. The summed E-state index contributed by atoms with van der Waals surface area (Å²) in [7, 11) is 1.40. The zero-order chi connectivity index (χ0) is 14.7. The van der Waals surface area contributed by atoms with Crippen molar-refractivity contribution in [3.05, 3.63) is 35.4 Å². The van der Waals surface area contributed by atoms with Crippen LogP contribution in [0.25, 0.3) is 0 Å². The number of carbonyl (C=O) groups excluding carboxylic acids is 1. The molecule has 2 aliphatic rings. The van der Waals surface area contributed by atoms with Crippen LogP contribution < -0.4 is 5.32 Å². The Kier molecular flexibility index (Phi) is 4.48. The first kappa shape index (κ1) is 14.4. The molecule has 0 unspecified atom stereocenters. The first-order valence-electron chi connectivity index (χ1n) is 7.40. The molecule has 112 valence electrons. The van der Waals surface area contributed by atoms with Crippen LogP contribution in [0.4, 0.5) is 0 Å². The number of hydrogen-bond acceptors (Lipinski definition) is 5. The average molecular weight is 304 g/mol. The summed E-state index contributed by atoms with van der Waals surface area (Å²) in [6.45, 7) is 0. The predicted molar refractivity (Wildman–Crippen MR) is 85.7 cm³/mol. The molecule has 1 aliphatic carbocycles. The van der Waals surface area contributed by atoms with Gasteiger partial charge in [0.05, 0.1) is 24.8 Å². The lowest BCUT2D eigenvalue weighted by atomic mass is 9.92. The highest BCUT2D eigenvalue weighted by atomic mass is 32.2. The number of nitrogens with one attached hydrogen (secondary N) is 1. The van der Waals surface area contributed by atoms with Crippen molar-refractivity contribution in [3.8, 4) is 0 Å². The van der Waals surface area contributed by atoms with Crippen molar-refractivity contribution in [1.29, 1.82) is 0 Å². The van der Waals surface area contributed by atoms with Crippen molar-refractivity contribution in [1.82, 2.24) is 5.32 Å². The van der Waals surface area contributed by atoms with E-state index in [0.717, 1.165) is 10.9 Å². The van der Waals surface area contributed by atoms with Crippen LogP contribution in [0.1, 0.15) is 41.6 Å². The molecule has 0 saturated heterocycles. The molecule has 4 nitrogen and oxygen atoms in total. The van der Waals surface area contributed by atoms with Gasteiger partial charge in [-0.3, -0.25) is 4.99 Å². The zero-order valence-electron chi connectivity index (χ0n) is 12.2. The van der Waals surface area contributed by atoms with E-state index in [2.05, 4.69) is 5.32 Å². The van der Waals surface area contributed by atoms with Gasteiger partial charge in [-0.1, -0.05) is 36.7 Å². The lowest BCUT2D eigenvalue weighted by Gasteiger charge is -2.23. The third-order valence-electron chi connectivity index (χ3n) is 4.07. The van der Waals surface area contributed by atoms with E-state index in [0.29, 0.717) is 17.6 Å². The molecule has 1 saturated carbocycles. The minimum Gasteiger partial charge on any atom is -0.465 e. The van der Waals surface area contributed by atoms with Crippen LogP contribution in [0, 0.1) is 0 Å². The van der Waals surface area contributed by atoms with Crippen LogP contribution >= 0.6 is 11.8 Å². The van der Waals surface area contributed by atoms with Crippen LogP contribution in [0.3, 0.4) is 0 Å². The monoisotopic (exact) mass is 304 g/mol. The van der Waals surface area contributed by atoms with Crippen LogP contribution in [0.5, 0.6) is 0 Å². The summed E-state index contributed by atoms with van der Waals surface area (Å²) in [5.41, 5.74) is 1.78. The molecule has 1 aromatic carbocycles. The van der Waals surface area contributed by atoms with E-state index in [4.69, 9.17) is 9.73 Å². The molecule has 21 heavy (non-hydrogen) atoms. The number of hydrogen-bond donors (Lipinski definition) is 1. The Balaban J connectivity index is 1.54. The van der Waals surface area contributed by atoms with Crippen molar-refractivity contribution in [2.45, 2.75) is 43.5 Å². The molecule has 1 N–H and O–H groups in total. The fourth-order valence-corrected chi connectivity index (χ4v) is 3.81. The van der Waals surface area contributed by atoms with E-state index in [1.165, 1.54) is 38.4 Å². The Morgan fingerprint density at radius 1 is 1.33 bits per heavy atom. The van der Waals surface area contributed by atoms with Gasteiger partial charge < -0.3 is 10.1 Å². The fraction of sp³-hybridized carbons (Fsp3) is 0.500. The van der Waals surface area contributed by atoms with Gasteiger partial charge in [0.1, 0.15) is 0 Å². The number of benzene rings is 1. The van der Waals surface area contributed by atoms with Gasteiger partial charge in [-0.2, -0.15) is 0 Å². The average Bonchev–Trinajstić information content (AvgIpc) is 2.95. The molecule has 1 aliphatic heterocycles. The molecule has 1 heterocycles. The largest absolute Gasteiger partial charge is 0.465 e. The van der Waals surface area contributed by atoms with Gasteiger partial charge in [-0.25, -0.2) is 4.79 Å². The number of esters is 1. The molecule has 3 rings (SSSR count). The molecule has 5 heteroatoms. The number of thioether (sulfide) groups is 1. The van der Waals surface area contributed by atoms with Crippen molar-refractivity contribution < 1.29 is 9.53 Å². The topological polar surface area (TPSA) is 50.7 Å². The second-order valence-corrected chi connectivity index (χ2v) is 6.48. The second-order valence-electron chi connectivity index (χ2n) is 5.51. The van der Waals surface area contributed by atoms with E-state index in [1.54, 1.807) is 11.8 Å². The zero-order valence-corrected chi connectivity index (χ0v) is 13.0. The van der Waals surface area contributed by atoms with Crippen LogP contribution in [-0.4, -0.2) is 30.3 Å². The third kappa shape index (κ3) is 3.40. The number of fused-ring (bicyclic) bond motifs is 1. The van der Waals surface area contributed by atoms with Crippen molar-refractivity contribution >= 4 is 22.9 Å². The van der Waals surface area contributed by atoms with Crippen LogP contribution in [-0.2, 0) is 10.5 Å². The number of carbonyl (C=O) groups is 1. The van der Waals surface area contributed by atoms with Gasteiger partial charge >= 0.3 is 5.97 Å². The maximum Gasteiger partial charge on any atom is 0.337 e. The number of aliphatic imine (C=N–C) groups is 1. The van der Waals surface area contributed by atoms with Crippen LogP contribution in [0.15, 0.2) is 29.3 Å². The number of nitrogens with zero attached hydrogens (tertiary/aromatic N) is 1. The van der Waals surface area contributed by atoms with E-state index in [9.17, 15) is 4.79 Å². The number of methoxy groups -OCH3 is 1. The summed E-state index contributed by atoms with van der Waals surface area (Å²) >= 11 is 1.75. The summed E-state index contributed by atoms with van der Waals surface area (Å²) in [6.07, 6.45) is 5.08. The third-order valence-corrected chi connectivity index (χ3v) is 5.05. The van der Waals surface area contributed by atoms with Crippen molar-refractivity contribution in [2.75, 3.05) is 7.11 Å². The molecule has 1 aromatic rings. The molecule has 0 spiro atoms. The van der Waals surface area contributed by atoms with E-state index in [-0.39, 0.29) is 5.97 Å². The molecule has 1 fully saturated rings. The van der Waals surface area contributed by atoms with Gasteiger partial charge in [0.15, 0.2) is 5.17 Å². The molecular formula is C16H20N2O2S. The van der Waals surface area contributed by atoms with Crippen molar-refractivity contribution in [2.24, 2.45) is 4.99 Å². The minimum atomic E-state index is -0.292. The fourth-order valence-electron chi connectivity index (χ4n) is 2.87. The van der Waals surface area contributed by atoms with Gasteiger partial charge in [0, 0.05) is 5.75 Å². The normalized spacial score (nSPS) is 24.0. The van der Waals surface area contributed by atoms with Gasteiger partial charge in [-0.15, -0.1) is 0 Å². The first-order chi connectivity index (χ1) is 10.3. The Morgan fingerprint density at radius 2 is 2.10 bits per heavy atom. The molecule has 2 atom stereocenters.